The van der Waals surface area contributed by atoms with Gasteiger partial charge in [-0.05, 0) is 42.5 Å². The summed E-state index contributed by atoms with van der Waals surface area (Å²) in [6.45, 7) is 5.13. The number of benzene rings is 1. The van der Waals surface area contributed by atoms with E-state index in [1.165, 1.54) is 16.6 Å². The maximum Gasteiger partial charge on any atom is 0.290 e. The quantitative estimate of drug-likeness (QED) is 0.769. The highest BCUT2D eigenvalue weighted by Crippen LogP contribution is 2.38. The van der Waals surface area contributed by atoms with Crippen molar-refractivity contribution in [1.29, 1.82) is 0 Å². The highest BCUT2D eigenvalue weighted by molar-refractivity contribution is 5.92. The summed E-state index contributed by atoms with van der Waals surface area (Å²) in [5.41, 5.74) is 3.71. The first-order chi connectivity index (χ1) is 11.6. The zero-order valence-electron chi connectivity index (χ0n) is 14.1. The normalized spacial score (nSPS) is 17.5. The van der Waals surface area contributed by atoms with Gasteiger partial charge in [0.25, 0.3) is 5.91 Å². The van der Waals surface area contributed by atoms with Crippen molar-refractivity contribution in [2.45, 2.75) is 32.7 Å². The average molecular weight is 322 g/mol. The van der Waals surface area contributed by atoms with Gasteiger partial charge in [0.2, 0.25) is 0 Å². The molecule has 4 rings (SSSR count). The number of fused-ring (bicyclic) bond motifs is 3. The lowest BCUT2D eigenvalue weighted by Crippen LogP contribution is -2.40. The summed E-state index contributed by atoms with van der Waals surface area (Å²) in [5.74, 6) is 0.900. The zero-order valence-corrected chi connectivity index (χ0v) is 14.1. The van der Waals surface area contributed by atoms with Gasteiger partial charge in [-0.3, -0.25) is 4.79 Å². The summed E-state index contributed by atoms with van der Waals surface area (Å²) < 4.78 is 5.35. The molecular formula is C20H22N2O2. The molecule has 1 atom stereocenters. The van der Waals surface area contributed by atoms with E-state index < -0.39 is 0 Å². The summed E-state index contributed by atoms with van der Waals surface area (Å²) in [6, 6.07) is 12.0. The topological polar surface area (TPSA) is 49.2 Å². The van der Waals surface area contributed by atoms with Crippen molar-refractivity contribution >= 4 is 16.8 Å². The fraction of sp³-hybridized carbons (Fsp3) is 0.350. The van der Waals surface area contributed by atoms with Crippen LogP contribution in [-0.2, 0) is 6.42 Å². The monoisotopic (exact) mass is 322 g/mol. The Bertz CT molecular complexity index is 861. The molecule has 0 radical (unpaired) electrons. The SMILES string of the molecule is CC(C)C[C@H]1c2[nH]c3ccccc3c2CCN1C(=O)c1ccco1. The number of carbonyl (C=O) groups excluding carboxylic acids is 1. The fourth-order valence-electron chi connectivity index (χ4n) is 3.80. The Kier molecular flexibility index (Phi) is 3.68. The number of hydrogen-bond donors (Lipinski definition) is 1. The van der Waals surface area contributed by atoms with E-state index in [0.29, 0.717) is 11.7 Å². The Morgan fingerprint density at radius 1 is 1.29 bits per heavy atom. The molecule has 1 aromatic carbocycles. The molecule has 1 aliphatic rings. The highest BCUT2D eigenvalue weighted by atomic mass is 16.3. The van der Waals surface area contributed by atoms with Crippen molar-refractivity contribution in [2.24, 2.45) is 5.92 Å². The summed E-state index contributed by atoms with van der Waals surface area (Å²) >= 11 is 0. The van der Waals surface area contributed by atoms with Gasteiger partial charge < -0.3 is 14.3 Å². The molecule has 24 heavy (non-hydrogen) atoms. The number of aromatic amines is 1. The number of rotatable bonds is 3. The third kappa shape index (κ3) is 2.42. The van der Waals surface area contributed by atoms with Gasteiger partial charge in [0.05, 0.1) is 12.3 Å². The van der Waals surface area contributed by atoms with Gasteiger partial charge in [-0.2, -0.15) is 0 Å². The number of nitrogens with zero attached hydrogens (tertiary/aromatic N) is 1. The van der Waals surface area contributed by atoms with Crippen molar-refractivity contribution in [3.63, 3.8) is 0 Å². The Labute approximate surface area is 141 Å². The van der Waals surface area contributed by atoms with E-state index in [2.05, 4.69) is 37.0 Å². The van der Waals surface area contributed by atoms with Crippen LogP contribution in [-0.4, -0.2) is 22.3 Å². The number of aromatic nitrogens is 1. The molecule has 3 aromatic rings. The van der Waals surface area contributed by atoms with Crippen molar-refractivity contribution in [3.05, 3.63) is 59.7 Å². The summed E-state index contributed by atoms with van der Waals surface area (Å²) in [5, 5.41) is 1.28. The maximum absolute atomic E-state index is 12.9. The van der Waals surface area contributed by atoms with Crippen molar-refractivity contribution in [1.82, 2.24) is 9.88 Å². The standard InChI is InChI=1S/C20H22N2O2/c1-13(2)12-17-19-15(14-6-3-4-7-16(14)21-19)9-10-22(17)20(23)18-8-5-11-24-18/h3-8,11,13,17,21H,9-10,12H2,1-2H3/t17-/m0/s1. The van der Waals surface area contributed by atoms with Gasteiger partial charge in [-0.15, -0.1) is 0 Å². The molecule has 1 N–H and O–H groups in total. The predicted octanol–water partition coefficient (Wildman–Crippen LogP) is 4.55. The minimum Gasteiger partial charge on any atom is -0.459 e. The highest BCUT2D eigenvalue weighted by Gasteiger charge is 2.34. The Balaban J connectivity index is 1.78. The summed E-state index contributed by atoms with van der Waals surface area (Å²) in [7, 11) is 0. The third-order valence-electron chi connectivity index (χ3n) is 4.85. The Morgan fingerprint density at radius 2 is 2.12 bits per heavy atom. The molecule has 0 fully saturated rings. The van der Waals surface area contributed by atoms with E-state index in [9.17, 15) is 4.79 Å². The Hall–Kier alpha value is -2.49. The van der Waals surface area contributed by atoms with Crippen molar-refractivity contribution in [2.75, 3.05) is 6.54 Å². The molecule has 0 bridgehead atoms. The fourth-order valence-corrected chi connectivity index (χ4v) is 3.80. The van der Waals surface area contributed by atoms with Gasteiger partial charge >= 0.3 is 0 Å². The predicted molar refractivity (Wildman–Crippen MR) is 93.9 cm³/mol. The van der Waals surface area contributed by atoms with Crippen molar-refractivity contribution in [3.8, 4) is 0 Å². The molecule has 4 heteroatoms. The van der Waals surface area contributed by atoms with Crippen LogP contribution in [0.2, 0.25) is 0 Å². The molecule has 2 aromatic heterocycles. The van der Waals surface area contributed by atoms with Gasteiger partial charge in [0.1, 0.15) is 0 Å². The van der Waals surface area contributed by atoms with Crippen LogP contribution >= 0.6 is 0 Å². The van der Waals surface area contributed by atoms with Gasteiger partial charge in [0.15, 0.2) is 5.76 Å². The van der Waals surface area contributed by atoms with Crippen LogP contribution < -0.4 is 0 Å². The number of H-pyrrole nitrogens is 1. The van der Waals surface area contributed by atoms with E-state index in [0.717, 1.165) is 24.9 Å². The second kappa shape index (κ2) is 5.86. The van der Waals surface area contributed by atoms with Gasteiger partial charge in [0, 0.05) is 23.1 Å². The van der Waals surface area contributed by atoms with Crippen LogP contribution in [0.4, 0.5) is 0 Å². The maximum atomic E-state index is 12.9. The molecule has 0 unspecified atom stereocenters. The first kappa shape index (κ1) is 15.1. The second-order valence-electron chi connectivity index (χ2n) is 6.93. The molecule has 4 nitrogen and oxygen atoms in total. The molecule has 3 heterocycles. The van der Waals surface area contributed by atoms with Gasteiger partial charge in [-0.1, -0.05) is 32.0 Å². The number of furan rings is 1. The average Bonchev–Trinajstić information content (AvgIpc) is 3.22. The van der Waals surface area contributed by atoms with Crippen LogP contribution in [0.25, 0.3) is 10.9 Å². The molecular weight excluding hydrogens is 300 g/mol. The van der Waals surface area contributed by atoms with E-state index in [1.807, 2.05) is 11.0 Å². The molecule has 0 saturated carbocycles. The van der Waals surface area contributed by atoms with Crippen LogP contribution in [0.5, 0.6) is 0 Å². The first-order valence-electron chi connectivity index (χ1n) is 8.59. The van der Waals surface area contributed by atoms with Crippen LogP contribution in [0, 0.1) is 5.92 Å². The van der Waals surface area contributed by atoms with Crippen LogP contribution in [0.3, 0.4) is 0 Å². The molecule has 0 saturated heterocycles. The van der Waals surface area contributed by atoms with E-state index >= 15 is 0 Å². The lowest BCUT2D eigenvalue weighted by Gasteiger charge is -2.36. The third-order valence-corrected chi connectivity index (χ3v) is 4.85. The first-order valence-corrected chi connectivity index (χ1v) is 8.59. The largest absolute Gasteiger partial charge is 0.459 e. The number of nitrogens with one attached hydrogen (secondary N) is 1. The van der Waals surface area contributed by atoms with Crippen molar-refractivity contribution < 1.29 is 9.21 Å². The number of carbonyl (C=O) groups is 1. The van der Waals surface area contributed by atoms with E-state index in [-0.39, 0.29) is 11.9 Å². The molecule has 0 spiro atoms. The number of hydrogen-bond acceptors (Lipinski definition) is 2. The lowest BCUT2D eigenvalue weighted by atomic mass is 9.91. The lowest BCUT2D eigenvalue weighted by molar-refractivity contribution is 0.0599. The van der Waals surface area contributed by atoms with Gasteiger partial charge in [-0.25, -0.2) is 0 Å². The summed E-state index contributed by atoms with van der Waals surface area (Å²) in [6.07, 6.45) is 3.37. The Morgan fingerprint density at radius 3 is 2.88 bits per heavy atom. The minimum atomic E-state index is -0.0186. The van der Waals surface area contributed by atoms with Crippen LogP contribution in [0.1, 0.15) is 48.1 Å². The van der Waals surface area contributed by atoms with E-state index in [1.54, 1.807) is 18.4 Å². The zero-order chi connectivity index (χ0) is 16.7. The molecule has 0 aliphatic carbocycles. The number of para-hydroxylation sites is 1. The second-order valence-corrected chi connectivity index (χ2v) is 6.93. The van der Waals surface area contributed by atoms with E-state index in [4.69, 9.17) is 4.42 Å². The minimum absolute atomic E-state index is 0.0186. The summed E-state index contributed by atoms with van der Waals surface area (Å²) in [4.78, 5) is 18.4. The van der Waals surface area contributed by atoms with Crippen LogP contribution in [0.15, 0.2) is 47.1 Å². The molecule has 1 amide bonds. The smallest absolute Gasteiger partial charge is 0.290 e. The molecule has 124 valence electrons. The number of amides is 1. The molecule has 1 aliphatic heterocycles.